The number of fused-ring (bicyclic) bond motifs is 1. The summed E-state index contributed by atoms with van der Waals surface area (Å²) in [5.41, 5.74) is -1.45. The fourth-order valence-corrected chi connectivity index (χ4v) is 2.78. The van der Waals surface area contributed by atoms with Gasteiger partial charge in [-0.1, -0.05) is 12.1 Å². The van der Waals surface area contributed by atoms with Gasteiger partial charge in [-0.15, -0.1) is 5.10 Å². The summed E-state index contributed by atoms with van der Waals surface area (Å²) in [6.07, 6.45) is -3.66. The van der Waals surface area contributed by atoms with Crippen LogP contribution in [0.5, 0.6) is 0 Å². The summed E-state index contributed by atoms with van der Waals surface area (Å²) in [6.45, 7) is 2.90. The summed E-state index contributed by atoms with van der Waals surface area (Å²) in [4.78, 5) is 12.2. The Labute approximate surface area is 157 Å². The number of hydrogen-bond donors (Lipinski definition) is 2. The van der Waals surface area contributed by atoms with Gasteiger partial charge in [0.1, 0.15) is 5.82 Å². The van der Waals surface area contributed by atoms with Crippen molar-refractivity contribution in [2.24, 2.45) is 0 Å². The SMILES string of the molecule is CC(C)(O)CC(=O)Nc1nn2ccc(C(F)(F)F)cc2c1-c1ccc(F)cc1. The largest absolute Gasteiger partial charge is 0.416 e. The number of carbonyl (C=O) groups excluding carboxylic acids is 1. The van der Waals surface area contributed by atoms with E-state index in [2.05, 4.69) is 10.4 Å². The monoisotopic (exact) mass is 395 g/mol. The third-order valence-electron chi connectivity index (χ3n) is 3.95. The van der Waals surface area contributed by atoms with Crippen molar-refractivity contribution in [3.05, 3.63) is 54.0 Å². The van der Waals surface area contributed by atoms with Crippen molar-refractivity contribution >= 4 is 17.2 Å². The topological polar surface area (TPSA) is 66.6 Å². The first-order valence-electron chi connectivity index (χ1n) is 8.32. The molecule has 0 unspecified atom stereocenters. The van der Waals surface area contributed by atoms with Crippen LogP contribution in [0.25, 0.3) is 16.6 Å². The summed E-state index contributed by atoms with van der Waals surface area (Å²) in [5.74, 6) is -1.06. The third kappa shape index (κ3) is 4.30. The van der Waals surface area contributed by atoms with Crippen LogP contribution in [0.2, 0.25) is 0 Å². The lowest BCUT2D eigenvalue weighted by Gasteiger charge is -2.16. The third-order valence-corrected chi connectivity index (χ3v) is 3.95. The van der Waals surface area contributed by atoms with Gasteiger partial charge in [-0.3, -0.25) is 4.79 Å². The molecule has 148 valence electrons. The summed E-state index contributed by atoms with van der Waals surface area (Å²) in [6, 6.07) is 6.88. The fraction of sp³-hybridized carbons (Fsp3) is 0.263. The Bertz CT molecular complexity index is 1020. The smallest absolute Gasteiger partial charge is 0.390 e. The van der Waals surface area contributed by atoms with E-state index in [0.717, 1.165) is 30.5 Å². The molecule has 0 aliphatic carbocycles. The number of benzene rings is 1. The Morgan fingerprint density at radius 3 is 2.39 bits per heavy atom. The highest BCUT2D eigenvalue weighted by atomic mass is 19.4. The van der Waals surface area contributed by atoms with Crippen LogP contribution in [0.4, 0.5) is 23.4 Å². The molecule has 2 N–H and O–H groups in total. The van der Waals surface area contributed by atoms with Gasteiger partial charge in [0, 0.05) is 6.20 Å². The van der Waals surface area contributed by atoms with E-state index < -0.39 is 29.1 Å². The number of nitrogens with one attached hydrogen (secondary N) is 1. The van der Waals surface area contributed by atoms with E-state index in [9.17, 15) is 27.5 Å². The van der Waals surface area contributed by atoms with Gasteiger partial charge in [0.2, 0.25) is 5.91 Å². The molecule has 0 aliphatic rings. The molecule has 0 saturated carbocycles. The zero-order chi connectivity index (χ0) is 20.7. The normalized spacial score (nSPS) is 12.4. The molecule has 28 heavy (non-hydrogen) atoms. The molecule has 2 aromatic heterocycles. The summed E-state index contributed by atoms with van der Waals surface area (Å²) in [5, 5.41) is 16.5. The molecule has 2 heterocycles. The number of amides is 1. The first-order valence-corrected chi connectivity index (χ1v) is 8.32. The minimum absolute atomic E-state index is 0.0141. The highest BCUT2D eigenvalue weighted by molar-refractivity contribution is 5.99. The number of pyridine rings is 1. The van der Waals surface area contributed by atoms with Gasteiger partial charge in [0.05, 0.1) is 28.7 Å². The summed E-state index contributed by atoms with van der Waals surface area (Å²) >= 11 is 0. The van der Waals surface area contributed by atoms with Gasteiger partial charge in [0.15, 0.2) is 5.82 Å². The average Bonchev–Trinajstić information content (AvgIpc) is 2.89. The van der Waals surface area contributed by atoms with Crippen molar-refractivity contribution in [2.75, 3.05) is 5.32 Å². The van der Waals surface area contributed by atoms with Crippen LogP contribution in [0.15, 0.2) is 42.6 Å². The average molecular weight is 395 g/mol. The van der Waals surface area contributed by atoms with Gasteiger partial charge < -0.3 is 10.4 Å². The number of aromatic nitrogens is 2. The maximum Gasteiger partial charge on any atom is 0.416 e. The van der Waals surface area contributed by atoms with Crippen LogP contribution in [-0.2, 0) is 11.0 Å². The van der Waals surface area contributed by atoms with E-state index in [1.54, 1.807) is 0 Å². The second-order valence-electron chi connectivity index (χ2n) is 7.01. The van der Waals surface area contributed by atoms with Crippen molar-refractivity contribution in [1.29, 1.82) is 0 Å². The molecule has 0 spiro atoms. The minimum Gasteiger partial charge on any atom is -0.390 e. The number of carbonyl (C=O) groups is 1. The van der Waals surface area contributed by atoms with Crippen LogP contribution in [0.1, 0.15) is 25.8 Å². The molecular formula is C19H17F4N3O2. The van der Waals surface area contributed by atoms with Crippen LogP contribution in [-0.4, -0.2) is 26.2 Å². The van der Waals surface area contributed by atoms with Gasteiger partial charge >= 0.3 is 6.18 Å². The van der Waals surface area contributed by atoms with Crippen LogP contribution < -0.4 is 5.32 Å². The minimum atomic E-state index is -4.56. The molecule has 0 fully saturated rings. The van der Waals surface area contributed by atoms with Crippen molar-refractivity contribution in [1.82, 2.24) is 9.61 Å². The molecule has 5 nitrogen and oxygen atoms in total. The first kappa shape index (κ1) is 19.8. The zero-order valence-corrected chi connectivity index (χ0v) is 15.0. The Balaban J connectivity index is 2.15. The molecule has 1 aromatic carbocycles. The van der Waals surface area contributed by atoms with E-state index in [0.29, 0.717) is 5.56 Å². The molecule has 1 amide bonds. The van der Waals surface area contributed by atoms with E-state index in [1.165, 1.54) is 30.5 Å². The lowest BCUT2D eigenvalue weighted by molar-refractivity contribution is -0.137. The highest BCUT2D eigenvalue weighted by Gasteiger charge is 2.31. The Kier molecular flexibility index (Phi) is 4.88. The van der Waals surface area contributed by atoms with Gasteiger partial charge in [-0.05, 0) is 43.7 Å². The molecule has 3 rings (SSSR count). The van der Waals surface area contributed by atoms with Crippen LogP contribution in [0.3, 0.4) is 0 Å². The maximum absolute atomic E-state index is 13.3. The lowest BCUT2D eigenvalue weighted by Crippen LogP contribution is -2.27. The fourth-order valence-electron chi connectivity index (χ4n) is 2.78. The number of anilines is 1. The van der Waals surface area contributed by atoms with E-state index in [1.807, 2.05) is 0 Å². The van der Waals surface area contributed by atoms with E-state index >= 15 is 0 Å². The summed E-state index contributed by atoms with van der Waals surface area (Å²) in [7, 11) is 0. The molecule has 0 radical (unpaired) electrons. The second-order valence-corrected chi connectivity index (χ2v) is 7.01. The number of alkyl halides is 3. The standard InChI is InChI=1S/C19H17F4N3O2/c1-18(2,28)10-15(27)24-17-16(11-3-5-13(20)6-4-11)14-9-12(19(21,22)23)7-8-26(14)25-17/h3-9,28H,10H2,1-2H3,(H,24,25,27). The van der Waals surface area contributed by atoms with Crippen LogP contribution >= 0.6 is 0 Å². The van der Waals surface area contributed by atoms with E-state index in [4.69, 9.17) is 0 Å². The Morgan fingerprint density at radius 1 is 1.18 bits per heavy atom. The first-order chi connectivity index (χ1) is 12.9. The van der Waals surface area contributed by atoms with Gasteiger partial charge in [-0.25, -0.2) is 8.91 Å². The lowest BCUT2D eigenvalue weighted by atomic mass is 10.0. The number of halogens is 4. The predicted octanol–water partition coefficient (Wildman–Crippen LogP) is 4.26. The van der Waals surface area contributed by atoms with Crippen LogP contribution in [0, 0.1) is 5.82 Å². The second kappa shape index (κ2) is 6.90. The number of rotatable bonds is 4. The van der Waals surface area contributed by atoms with Crippen molar-refractivity contribution < 1.29 is 27.5 Å². The van der Waals surface area contributed by atoms with Gasteiger partial charge in [0.25, 0.3) is 0 Å². The van der Waals surface area contributed by atoms with Crippen molar-refractivity contribution in [3.8, 4) is 11.1 Å². The summed E-state index contributed by atoms with van der Waals surface area (Å²) < 4.78 is 53.9. The molecule has 0 aliphatic heterocycles. The number of hydrogen-bond acceptors (Lipinski definition) is 3. The molecule has 0 atom stereocenters. The molecule has 9 heteroatoms. The van der Waals surface area contributed by atoms with E-state index in [-0.39, 0.29) is 23.3 Å². The number of aliphatic hydroxyl groups is 1. The predicted molar refractivity (Wildman–Crippen MR) is 95.1 cm³/mol. The molecule has 0 bridgehead atoms. The highest BCUT2D eigenvalue weighted by Crippen LogP contribution is 2.36. The number of nitrogens with zero attached hydrogens (tertiary/aromatic N) is 2. The zero-order valence-electron chi connectivity index (χ0n) is 15.0. The Hall–Kier alpha value is -2.94. The quantitative estimate of drug-likeness (QED) is 0.649. The van der Waals surface area contributed by atoms with Crippen molar-refractivity contribution in [2.45, 2.75) is 32.0 Å². The van der Waals surface area contributed by atoms with Gasteiger partial charge in [-0.2, -0.15) is 13.2 Å². The maximum atomic E-state index is 13.3. The molecule has 0 saturated heterocycles. The molecule has 3 aromatic rings. The Morgan fingerprint density at radius 2 is 1.82 bits per heavy atom. The molecular weight excluding hydrogens is 378 g/mol. The van der Waals surface area contributed by atoms with Crippen molar-refractivity contribution in [3.63, 3.8) is 0 Å².